The minimum atomic E-state index is -0.611. The van der Waals surface area contributed by atoms with Crippen LogP contribution in [-0.4, -0.2) is 37.6 Å². The number of aromatic nitrogens is 5. The van der Waals surface area contributed by atoms with E-state index in [0.29, 0.717) is 16.9 Å². The lowest BCUT2D eigenvalue weighted by atomic mass is 10.00. The van der Waals surface area contributed by atoms with Crippen molar-refractivity contribution in [2.45, 2.75) is 13.0 Å². The first-order valence-electron chi connectivity index (χ1n) is 11.6. The van der Waals surface area contributed by atoms with E-state index < -0.39 is 11.9 Å². The summed E-state index contributed by atoms with van der Waals surface area (Å²) < 4.78 is 22.9. The van der Waals surface area contributed by atoms with Crippen molar-refractivity contribution >= 4 is 28.3 Å². The number of amides is 1. The standard InChI is InChI=1S/C27H26FN7O2/c1-16-9-25(35(3)33-16)31-24-12-20-10-18(5-6-19(20)13-29-24)27(36)32-26(21-14-30-34(2)15-21)17-7-8-23(37-4)22(28)11-17/h5-15,26H,1-4H3,(H,29,31)(H,32,36). The second-order valence-corrected chi connectivity index (χ2v) is 8.80. The average molecular weight is 500 g/mol. The van der Waals surface area contributed by atoms with Crippen LogP contribution in [0.4, 0.5) is 16.0 Å². The maximum absolute atomic E-state index is 14.5. The Morgan fingerprint density at radius 3 is 2.54 bits per heavy atom. The number of benzene rings is 2. The zero-order chi connectivity index (χ0) is 26.1. The lowest BCUT2D eigenvalue weighted by Crippen LogP contribution is -2.29. The Bertz CT molecular complexity index is 1610. The first-order chi connectivity index (χ1) is 17.8. The molecule has 0 spiro atoms. The van der Waals surface area contributed by atoms with Crippen LogP contribution >= 0.6 is 0 Å². The summed E-state index contributed by atoms with van der Waals surface area (Å²) >= 11 is 0. The van der Waals surface area contributed by atoms with Crippen LogP contribution in [0.5, 0.6) is 5.75 Å². The van der Waals surface area contributed by atoms with Gasteiger partial charge in [-0.1, -0.05) is 12.1 Å². The van der Waals surface area contributed by atoms with E-state index in [0.717, 1.165) is 27.8 Å². The van der Waals surface area contributed by atoms with Crippen molar-refractivity contribution in [2.75, 3.05) is 12.4 Å². The molecule has 0 saturated carbocycles. The maximum Gasteiger partial charge on any atom is 0.252 e. The Morgan fingerprint density at radius 1 is 1.03 bits per heavy atom. The summed E-state index contributed by atoms with van der Waals surface area (Å²) in [4.78, 5) is 17.9. The lowest BCUT2D eigenvalue weighted by Gasteiger charge is -2.19. The number of methoxy groups -OCH3 is 1. The molecule has 2 N–H and O–H groups in total. The second-order valence-electron chi connectivity index (χ2n) is 8.80. The van der Waals surface area contributed by atoms with Crippen LogP contribution in [0.15, 0.2) is 67.1 Å². The average Bonchev–Trinajstić information content (AvgIpc) is 3.45. The highest BCUT2D eigenvalue weighted by atomic mass is 19.1. The molecule has 1 amide bonds. The topological polar surface area (TPSA) is 98.9 Å². The van der Waals surface area contributed by atoms with Gasteiger partial charge in [0.15, 0.2) is 11.6 Å². The maximum atomic E-state index is 14.5. The number of pyridine rings is 1. The van der Waals surface area contributed by atoms with E-state index in [4.69, 9.17) is 4.74 Å². The van der Waals surface area contributed by atoms with Crippen LogP contribution in [0.1, 0.15) is 33.2 Å². The van der Waals surface area contributed by atoms with E-state index >= 15 is 0 Å². The molecule has 0 saturated heterocycles. The molecule has 188 valence electrons. The van der Waals surface area contributed by atoms with Gasteiger partial charge in [0, 0.05) is 49.1 Å². The number of carbonyl (C=O) groups is 1. The molecular weight excluding hydrogens is 473 g/mol. The largest absolute Gasteiger partial charge is 0.494 e. The summed E-state index contributed by atoms with van der Waals surface area (Å²) in [7, 11) is 5.05. The Kier molecular flexibility index (Phi) is 6.31. The van der Waals surface area contributed by atoms with E-state index in [1.165, 1.54) is 13.2 Å². The van der Waals surface area contributed by atoms with Gasteiger partial charge in [0.1, 0.15) is 11.6 Å². The number of carbonyl (C=O) groups excluding carboxylic acids is 1. The van der Waals surface area contributed by atoms with Gasteiger partial charge in [-0.15, -0.1) is 0 Å². The highest BCUT2D eigenvalue weighted by molar-refractivity contribution is 5.99. The van der Waals surface area contributed by atoms with Gasteiger partial charge in [-0.25, -0.2) is 9.37 Å². The molecule has 0 fully saturated rings. The van der Waals surface area contributed by atoms with Crippen molar-refractivity contribution < 1.29 is 13.9 Å². The van der Waals surface area contributed by atoms with Crippen molar-refractivity contribution in [3.8, 4) is 5.75 Å². The van der Waals surface area contributed by atoms with Crippen molar-refractivity contribution in [1.82, 2.24) is 29.9 Å². The van der Waals surface area contributed by atoms with Gasteiger partial charge in [0.05, 0.1) is 25.0 Å². The number of hydrogen-bond donors (Lipinski definition) is 2. The van der Waals surface area contributed by atoms with E-state index in [1.807, 2.05) is 32.2 Å². The number of nitrogens with zero attached hydrogens (tertiary/aromatic N) is 5. The molecule has 1 unspecified atom stereocenters. The van der Waals surface area contributed by atoms with Crippen molar-refractivity contribution in [1.29, 1.82) is 0 Å². The Hall–Kier alpha value is -4.73. The number of nitrogens with one attached hydrogen (secondary N) is 2. The summed E-state index contributed by atoms with van der Waals surface area (Å²) in [6.07, 6.45) is 5.19. The van der Waals surface area contributed by atoms with Crippen LogP contribution in [0, 0.1) is 12.7 Å². The predicted molar refractivity (Wildman–Crippen MR) is 138 cm³/mol. The lowest BCUT2D eigenvalue weighted by molar-refractivity contribution is 0.0943. The summed E-state index contributed by atoms with van der Waals surface area (Å²) in [6.45, 7) is 1.92. The molecule has 1 atom stereocenters. The third-order valence-electron chi connectivity index (χ3n) is 6.08. The van der Waals surface area contributed by atoms with Crippen LogP contribution in [0.25, 0.3) is 10.8 Å². The van der Waals surface area contributed by atoms with Crippen LogP contribution in [0.2, 0.25) is 0 Å². The van der Waals surface area contributed by atoms with E-state index in [-0.39, 0.29) is 11.7 Å². The minimum Gasteiger partial charge on any atom is -0.494 e. The Labute approximate surface area is 212 Å². The van der Waals surface area contributed by atoms with Crippen molar-refractivity contribution in [3.63, 3.8) is 0 Å². The minimum absolute atomic E-state index is 0.133. The van der Waals surface area contributed by atoms with Gasteiger partial charge in [-0.3, -0.25) is 14.2 Å². The first kappa shape index (κ1) is 24.0. The molecule has 37 heavy (non-hydrogen) atoms. The number of fused-ring (bicyclic) bond motifs is 1. The monoisotopic (exact) mass is 499 g/mol. The fraction of sp³-hybridized carbons (Fsp3) is 0.185. The zero-order valence-electron chi connectivity index (χ0n) is 20.9. The predicted octanol–water partition coefficient (Wildman–Crippen LogP) is 4.42. The molecule has 10 heteroatoms. The molecule has 0 radical (unpaired) electrons. The fourth-order valence-electron chi connectivity index (χ4n) is 4.23. The highest BCUT2D eigenvalue weighted by Crippen LogP contribution is 2.27. The third-order valence-corrected chi connectivity index (χ3v) is 6.08. The number of anilines is 2. The van der Waals surface area contributed by atoms with Crippen LogP contribution < -0.4 is 15.4 Å². The summed E-state index contributed by atoms with van der Waals surface area (Å²) in [5, 5.41) is 16.6. The smallest absolute Gasteiger partial charge is 0.252 e. The normalized spacial score (nSPS) is 11.9. The highest BCUT2D eigenvalue weighted by Gasteiger charge is 2.21. The molecule has 2 aromatic carbocycles. The third kappa shape index (κ3) is 4.99. The Balaban J connectivity index is 1.44. The van der Waals surface area contributed by atoms with Crippen LogP contribution in [-0.2, 0) is 14.1 Å². The van der Waals surface area contributed by atoms with Gasteiger partial charge in [0.2, 0.25) is 0 Å². The van der Waals surface area contributed by atoms with Crippen molar-refractivity contribution in [2.24, 2.45) is 14.1 Å². The number of rotatable bonds is 7. The Morgan fingerprint density at radius 2 is 1.86 bits per heavy atom. The molecular formula is C27H26FN7O2. The molecule has 5 rings (SSSR count). The summed E-state index contributed by atoms with van der Waals surface area (Å²) in [6, 6.07) is 13.2. The molecule has 3 heterocycles. The molecule has 9 nitrogen and oxygen atoms in total. The van der Waals surface area contributed by atoms with Gasteiger partial charge in [-0.05, 0) is 48.2 Å². The molecule has 3 aromatic heterocycles. The fourth-order valence-corrected chi connectivity index (χ4v) is 4.23. The summed E-state index contributed by atoms with van der Waals surface area (Å²) in [5.41, 5.74) is 2.65. The zero-order valence-corrected chi connectivity index (χ0v) is 20.9. The van der Waals surface area contributed by atoms with Gasteiger partial charge in [-0.2, -0.15) is 10.2 Å². The molecule has 5 aromatic rings. The van der Waals surface area contributed by atoms with Crippen LogP contribution in [0.3, 0.4) is 0 Å². The first-order valence-corrected chi connectivity index (χ1v) is 11.6. The van der Waals surface area contributed by atoms with E-state index in [1.54, 1.807) is 59.3 Å². The SMILES string of the molecule is COc1ccc(C(NC(=O)c2ccc3cnc(Nc4cc(C)nn4C)cc3c2)c2cnn(C)c2)cc1F. The molecule has 0 aliphatic carbocycles. The molecule has 0 aliphatic heterocycles. The quantitative estimate of drug-likeness (QED) is 0.344. The van der Waals surface area contributed by atoms with Crippen molar-refractivity contribution in [3.05, 3.63) is 95.3 Å². The molecule has 0 bridgehead atoms. The van der Waals surface area contributed by atoms with Gasteiger partial charge < -0.3 is 15.4 Å². The number of hydrogen-bond acceptors (Lipinski definition) is 6. The van der Waals surface area contributed by atoms with Gasteiger partial charge >= 0.3 is 0 Å². The molecule has 0 aliphatic rings. The van der Waals surface area contributed by atoms with E-state index in [2.05, 4.69) is 25.8 Å². The van der Waals surface area contributed by atoms with E-state index in [9.17, 15) is 9.18 Å². The second kappa shape index (κ2) is 9.73. The number of ether oxygens (including phenoxy) is 1. The number of halogens is 1. The van der Waals surface area contributed by atoms with Gasteiger partial charge in [0.25, 0.3) is 5.91 Å². The number of aryl methyl sites for hydroxylation is 3. The summed E-state index contributed by atoms with van der Waals surface area (Å²) in [5.74, 6) is 0.763.